The van der Waals surface area contributed by atoms with Gasteiger partial charge in [0.2, 0.25) is 12.0 Å². The summed E-state index contributed by atoms with van der Waals surface area (Å²) in [6, 6.07) is 7.41. The predicted molar refractivity (Wildman–Crippen MR) is 91.7 cm³/mol. The smallest absolute Gasteiger partial charge is 0.312 e. The molecule has 1 aromatic carbocycles. The summed E-state index contributed by atoms with van der Waals surface area (Å²) in [5.74, 6) is 0.429. The zero-order valence-electron chi connectivity index (χ0n) is 13.2. The van der Waals surface area contributed by atoms with Crippen LogP contribution in [0, 0.1) is 5.92 Å². The van der Waals surface area contributed by atoms with Crippen LogP contribution in [0.25, 0.3) is 10.9 Å². The van der Waals surface area contributed by atoms with E-state index in [-0.39, 0.29) is 16.4 Å². The highest BCUT2D eigenvalue weighted by atomic mass is 32.2. The number of fused-ring (bicyclic) bond motifs is 3. The van der Waals surface area contributed by atoms with E-state index in [9.17, 15) is 8.42 Å². The minimum Gasteiger partial charge on any atom is -0.382 e. The maximum absolute atomic E-state index is 11.9. The average Bonchev–Trinajstić information content (AvgIpc) is 2.76. The van der Waals surface area contributed by atoms with Crippen LogP contribution in [-0.4, -0.2) is 32.5 Å². The molecule has 23 heavy (non-hydrogen) atoms. The molecular formula is C15H19N4O3S+. The van der Waals surface area contributed by atoms with Crippen molar-refractivity contribution in [2.24, 2.45) is 10.9 Å². The Labute approximate surface area is 135 Å². The Morgan fingerprint density at radius 1 is 1.30 bits per heavy atom. The summed E-state index contributed by atoms with van der Waals surface area (Å²) in [5.41, 5.74) is 7.78. The van der Waals surface area contributed by atoms with E-state index >= 15 is 0 Å². The number of aromatic nitrogens is 1. The Morgan fingerprint density at radius 2 is 2.00 bits per heavy atom. The number of hydrogen-bond acceptors (Lipinski definition) is 6. The van der Waals surface area contributed by atoms with Crippen molar-refractivity contribution in [2.75, 3.05) is 18.5 Å². The van der Waals surface area contributed by atoms with Gasteiger partial charge in [0.1, 0.15) is 6.54 Å². The predicted octanol–water partition coefficient (Wildman–Crippen LogP) is 2.34. The number of quaternary nitrogens is 1. The summed E-state index contributed by atoms with van der Waals surface area (Å²) in [6.07, 6.45) is 2.52. The van der Waals surface area contributed by atoms with Gasteiger partial charge in [0, 0.05) is 5.92 Å². The van der Waals surface area contributed by atoms with Gasteiger partial charge in [-0.3, -0.25) is 0 Å². The minimum atomic E-state index is -3.72. The Bertz CT molecular complexity index is 908. The third-order valence-electron chi connectivity index (χ3n) is 3.52. The summed E-state index contributed by atoms with van der Waals surface area (Å²) in [4.78, 5) is 8.65. The monoisotopic (exact) mass is 335 g/mol. The molecule has 2 heterocycles. The number of nitrogen functional groups attached to an aromatic ring is 1. The van der Waals surface area contributed by atoms with Gasteiger partial charge in [-0.2, -0.15) is 13.4 Å². The summed E-state index contributed by atoms with van der Waals surface area (Å²) in [6.45, 7) is 4.39. The van der Waals surface area contributed by atoms with Crippen molar-refractivity contribution in [1.82, 2.24) is 9.63 Å². The highest BCUT2D eigenvalue weighted by molar-refractivity contribution is 7.86. The SMILES string of the molecule is CC(C)C[N+]1(OS(C)(=O)=O)C=Nc2c(N)nc3ccccc3c21. The fourth-order valence-corrected chi connectivity index (χ4v) is 3.59. The van der Waals surface area contributed by atoms with E-state index in [2.05, 4.69) is 9.98 Å². The molecule has 0 amide bonds. The van der Waals surface area contributed by atoms with Crippen molar-refractivity contribution in [3.8, 4) is 0 Å². The largest absolute Gasteiger partial charge is 0.382 e. The van der Waals surface area contributed by atoms with E-state index in [4.69, 9.17) is 10.0 Å². The van der Waals surface area contributed by atoms with Gasteiger partial charge in [-0.15, -0.1) is 0 Å². The molecule has 0 saturated heterocycles. The van der Waals surface area contributed by atoms with E-state index in [0.29, 0.717) is 23.4 Å². The summed E-state index contributed by atoms with van der Waals surface area (Å²) in [5, 5.41) is 0.776. The fourth-order valence-electron chi connectivity index (χ4n) is 2.93. The van der Waals surface area contributed by atoms with Gasteiger partial charge in [-0.05, 0) is 12.1 Å². The van der Waals surface area contributed by atoms with E-state index in [0.717, 1.165) is 11.6 Å². The van der Waals surface area contributed by atoms with Crippen LogP contribution in [0.4, 0.5) is 17.2 Å². The summed E-state index contributed by atoms with van der Waals surface area (Å²) in [7, 11) is -3.72. The third-order valence-corrected chi connectivity index (χ3v) is 4.06. The molecule has 1 unspecified atom stereocenters. The normalized spacial score (nSPS) is 20.3. The van der Waals surface area contributed by atoms with E-state index in [1.165, 1.54) is 6.34 Å². The van der Waals surface area contributed by atoms with E-state index < -0.39 is 10.1 Å². The van der Waals surface area contributed by atoms with Gasteiger partial charge < -0.3 is 5.73 Å². The van der Waals surface area contributed by atoms with Gasteiger partial charge in [-0.1, -0.05) is 34.9 Å². The zero-order valence-corrected chi connectivity index (χ0v) is 14.0. The second-order valence-corrected chi connectivity index (χ2v) is 7.66. The van der Waals surface area contributed by atoms with E-state index in [1.807, 2.05) is 38.1 Å². The summed E-state index contributed by atoms with van der Waals surface area (Å²) < 4.78 is 28.8. The second kappa shape index (κ2) is 5.26. The molecule has 1 atom stereocenters. The van der Waals surface area contributed by atoms with Crippen LogP contribution in [-0.2, 0) is 14.4 Å². The number of para-hydroxylation sites is 1. The lowest BCUT2D eigenvalue weighted by Crippen LogP contribution is -2.50. The highest BCUT2D eigenvalue weighted by Crippen LogP contribution is 2.47. The van der Waals surface area contributed by atoms with Crippen LogP contribution in [0.5, 0.6) is 0 Å². The van der Waals surface area contributed by atoms with Crippen molar-refractivity contribution in [1.29, 1.82) is 0 Å². The van der Waals surface area contributed by atoms with Gasteiger partial charge in [0.25, 0.3) is 0 Å². The lowest BCUT2D eigenvalue weighted by atomic mass is 10.1. The van der Waals surface area contributed by atoms with Gasteiger partial charge in [-0.25, -0.2) is 4.98 Å². The number of benzene rings is 1. The number of hydrogen-bond donors (Lipinski definition) is 1. The Balaban J connectivity index is 2.33. The Morgan fingerprint density at radius 3 is 2.65 bits per heavy atom. The van der Waals surface area contributed by atoms with Crippen molar-refractivity contribution < 1.29 is 12.7 Å². The molecule has 2 N–H and O–H groups in total. The van der Waals surface area contributed by atoms with Crippen molar-refractivity contribution in [2.45, 2.75) is 13.8 Å². The molecule has 7 nitrogen and oxygen atoms in total. The quantitative estimate of drug-likeness (QED) is 0.865. The molecule has 0 spiro atoms. The first-order valence-corrected chi connectivity index (χ1v) is 9.06. The standard InChI is InChI=1S/C15H19N4O3S/c1-10(2)8-19(22-23(3,20)21)9-17-13-14(19)11-6-4-5-7-12(11)18-15(13)16/h4-7,9-10H,8H2,1-3H3,(H2,16,18)/q+1. The first-order chi connectivity index (χ1) is 10.7. The van der Waals surface area contributed by atoms with Crippen LogP contribution >= 0.6 is 0 Å². The Hall–Kier alpha value is -2.03. The van der Waals surface area contributed by atoms with Crippen LogP contribution in [0.2, 0.25) is 0 Å². The number of pyridine rings is 1. The summed E-state index contributed by atoms with van der Waals surface area (Å²) >= 11 is 0. The molecule has 0 saturated carbocycles. The maximum Gasteiger partial charge on any atom is 0.312 e. The first-order valence-electron chi connectivity index (χ1n) is 7.25. The van der Waals surface area contributed by atoms with E-state index in [1.54, 1.807) is 0 Å². The first kappa shape index (κ1) is 15.9. The molecule has 8 heteroatoms. The number of aliphatic imine (C=N–C) groups is 1. The van der Waals surface area contributed by atoms with Crippen LogP contribution in [0.3, 0.4) is 0 Å². The molecule has 3 rings (SSSR count). The lowest BCUT2D eigenvalue weighted by Gasteiger charge is -2.28. The highest BCUT2D eigenvalue weighted by Gasteiger charge is 2.45. The third kappa shape index (κ3) is 2.80. The molecule has 1 aromatic heterocycles. The van der Waals surface area contributed by atoms with Crippen LogP contribution in [0.1, 0.15) is 13.8 Å². The van der Waals surface area contributed by atoms with Crippen molar-refractivity contribution in [3.63, 3.8) is 0 Å². The number of rotatable bonds is 4. The number of hydroxylamine groups is 2. The molecule has 0 aliphatic carbocycles. The molecule has 1 aliphatic heterocycles. The minimum absolute atomic E-state index is 0.169. The van der Waals surface area contributed by atoms with Gasteiger partial charge >= 0.3 is 10.1 Å². The molecule has 0 radical (unpaired) electrons. The average molecular weight is 335 g/mol. The zero-order chi connectivity index (χ0) is 16.8. The topological polar surface area (TPSA) is 94.6 Å². The molecule has 122 valence electrons. The van der Waals surface area contributed by atoms with Gasteiger partial charge in [0.15, 0.2) is 11.5 Å². The number of nitrogens with two attached hydrogens (primary N) is 1. The second-order valence-electron chi connectivity index (χ2n) is 6.11. The maximum atomic E-state index is 11.9. The fraction of sp³-hybridized carbons (Fsp3) is 0.333. The molecule has 0 bridgehead atoms. The number of anilines is 1. The van der Waals surface area contributed by atoms with Crippen molar-refractivity contribution >= 4 is 44.6 Å². The molecule has 0 fully saturated rings. The van der Waals surface area contributed by atoms with Crippen LogP contribution in [0.15, 0.2) is 29.3 Å². The Kier molecular flexibility index (Phi) is 3.62. The molecular weight excluding hydrogens is 316 g/mol. The van der Waals surface area contributed by atoms with Crippen LogP contribution < -0.4 is 10.4 Å². The van der Waals surface area contributed by atoms with Gasteiger partial charge in [0.05, 0.1) is 17.2 Å². The number of nitrogens with zero attached hydrogens (tertiary/aromatic N) is 3. The van der Waals surface area contributed by atoms with Crippen molar-refractivity contribution in [3.05, 3.63) is 24.3 Å². The molecule has 1 aliphatic rings. The molecule has 2 aromatic rings. The lowest BCUT2D eigenvalue weighted by molar-refractivity contribution is 0.0354.